The van der Waals surface area contributed by atoms with Gasteiger partial charge in [0.25, 0.3) is 0 Å². The molecule has 1 aromatic rings. The zero-order valence-corrected chi connectivity index (χ0v) is 12.5. The number of hydrogen-bond donors (Lipinski definition) is 2. The number of nitrogens with zero attached hydrogens (tertiary/aromatic N) is 1. The van der Waals surface area contributed by atoms with E-state index in [1.807, 2.05) is 11.3 Å². The van der Waals surface area contributed by atoms with Gasteiger partial charge in [-0.1, -0.05) is 0 Å². The molecule has 0 aliphatic rings. The summed E-state index contributed by atoms with van der Waals surface area (Å²) in [4.78, 5) is 6.78. The fourth-order valence-electron chi connectivity index (χ4n) is 1.14. The lowest BCUT2D eigenvalue weighted by atomic mass is 10.4. The van der Waals surface area contributed by atoms with Crippen LogP contribution in [0.5, 0.6) is 0 Å². The Hall–Kier alpha value is -0.300. The van der Waals surface area contributed by atoms with Gasteiger partial charge in [-0.25, -0.2) is 0 Å². The first-order valence-corrected chi connectivity index (χ1v) is 5.57. The van der Waals surface area contributed by atoms with E-state index < -0.39 is 0 Å². The molecule has 1 aromatic heterocycles. The molecule has 0 saturated heterocycles. The van der Waals surface area contributed by atoms with Crippen molar-refractivity contribution in [1.29, 1.82) is 0 Å². The maximum atomic E-state index is 4.10. The number of thiophene rings is 1. The quantitative estimate of drug-likeness (QED) is 0.504. The average Bonchev–Trinajstić information content (AvgIpc) is 2.59. The highest BCUT2D eigenvalue weighted by atomic mass is 127. The number of guanidine groups is 1. The van der Waals surface area contributed by atoms with Crippen molar-refractivity contribution in [2.45, 2.75) is 20.4 Å². The van der Waals surface area contributed by atoms with Crippen LogP contribution in [0.1, 0.15) is 16.7 Å². The average molecular weight is 339 g/mol. The van der Waals surface area contributed by atoms with Gasteiger partial charge < -0.3 is 10.6 Å². The first kappa shape index (κ1) is 14.7. The predicted octanol–water partition coefficient (Wildman–Crippen LogP) is 2.36. The highest BCUT2D eigenvalue weighted by Crippen LogP contribution is 2.14. The van der Waals surface area contributed by atoms with Crippen LogP contribution in [0, 0.1) is 6.92 Å². The van der Waals surface area contributed by atoms with Crippen LogP contribution in [-0.2, 0) is 6.54 Å². The summed E-state index contributed by atoms with van der Waals surface area (Å²) in [6.45, 7) is 5.91. The van der Waals surface area contributed by atoms with Gasteiger partial charge in [0.15, 0.2) is 5.96 Å². The van der Waals surface area contributed by atoms with Gasteiger partial charge in [-0.3, -0.25) is 4.99 Å². The lowest BCUT2D eigenvalue weighted by Crippen LogP contribution is -2.36. The number of rotatable bonds is 3. The van der Waals surface area contributed by atoms with Crippen LogP contribution >= 0.6 is 35.3 Å². The number of halogens is 1. The second-order valence-electron chi connectivity index (χ2n) is 2.97. The van der Waals surface area contributed by atoms with E-state index in [9.17, 15) is 0 Å². The third kappa shape index (κ3) is 5.36. The summed E-state index contributed by atoms with van der Waals surface area (Å²) in [6, 6.07) is 4.28. The fraction of sp³-hybridized carbons (Fsp3) is 0.500. The number of nitrogens with one attached hydrogen (secondary N) is 2. The van der Waals surface area contributed by atoms with Crippen LogP contribution in [0.2, 0.25) is 0 Å². The van der Waals surface area contributed by atoms with Crippen LogP contribution in [0.4, 0.5) is 0 Å². The third-order valence-electron chi connectivity index (χ3n) is 1.79. The monoisotopic (exact) mass is 339 g/mol. The van der Waals surface area contributed by atoms with Crippen molar-refractivity contribution in [3.05, 3.63) is 21.9 Å². The first-order chi connectivity index (χ1) is 6.76. The summed E-state index contributed by atoms with van der Waals surface area (Å²) in [7, 11) is 1.78. The second kappa shape index (κ2) is 7.92. The zero-order chi connectivity index (χ0) is 10.4. The number of hydrogen-bond acceptors (Lipinski definition) is 2. The lowest BCUT2D eigenvalue weighted by molar-refractivity contribution is 0.838. The van der Waals surface area contributed by atoms with E-state index >= 15 is 0 Å². The van der Waals surface area contributed by atoms with Crippen molar-refractivity contribution in [3.63, 3.8) is 0 Å². The van der Waals surface area contributed by atoms with Crippen LogP contribution < -0.4 is 10.6 Å². The highest BCUT2D eigenvalue weighted by Gasteiger charge is 1.98. The van der Waals surface area contributed by atoms with E-state index in [0.29, 0.717) is 0 Å². The summed E-state index contributed by atoms with van der Waals surface area (Å²) in [5.74, 6) is 0.860. The molecular formula is C10H18IN3S. The summed E-state index contributed by atoms with van der Waals surface area (Å²) in [5, 5.41) is 6.40. The third-order valence-corrected chi connectivity index (χ3v) is 2.79. The van der Waals surface area contributed by atoms with Gasteiger partial charge in [-0.2, -0.15) is 0 Å². The number of aryl methyl sites for hydroxylation is 1. The minimum atomic E-state index is 0. The van der Waals surface area contributed by atoms with E-state index in [-0.39, 0.29) is 24.0 Å². The lowest BCUT2D eigenvalue weighted by Gasteiger charge is -2.08. The Morgan fingerprint density at radius 1 is 1.40 bits per heavy atom. The Kier molecular flexibility index (Phi) is 7.76. The van der Waals surface area contributed by atoms with Gasteiger partial charge in [0.05, 0.1) is 6.54 Å². The molecule has 86 valence electrons. The van der Waals surface area contributed by atoms with Crippen molar-refractivity contribution in [2.75, 3.05) is 13.6 Å². The smallest absolute Gasteiger partial charge is 0.191 e. The van der Waals surface area contributed by atoms with Crippen molar-refractivity contribution >= 4 is 41.3 Å². The minimum absolute atomic E-state index is 0. The Morgan fingerprint density at radius 2 is 2.13 bits per heavy atom. The van der Waals surface area contributed by atoms with Gasteiger partial charge in [0.2, 0.25) is 0 Å². The van der Waals surface area contributed by atoms with Crippen molar-refractivity contribution < 1.29 is 0 Å². The topological polar surface area (TPSA) is 36.4 Å². The molecule has 0 atom stereocenters. The van der Waals surface area contributed by atoms with Crippen molar-refractivity contribution in [1.82, 2.24) is 10.6 Å². The van der Waals surface area contributed by atoms with Crippen LogP contribution in [0.25, 0.3) is 0 Å². The molecule has 0 aliphatic heterocycles. The standard InChI is InChI=1S/C10H17N3S.HI/c1-4-12-10(11-3)13-7-9-6-5-8(2)14-9;/h5-6H,4,7H2,1-3H3,(H2,11,12,13);1H. The number of aliphatic imine (C=N–C) groups is 1. The van der Waals surface area contributed by atoms with E-state index in [4.69, 9.17) is 0 Å². The van der Waals surface area contributed by atoms with Crippen LogP contribution in [0.3, 0.4) is 0 Å². The van der Waals surface area contributed by atoms with Crippen molar-refractivity contribution in [3.8, 4) is 0 Å². The molecule has 15 heavy (non-hydrogen) atoms. The minimum Gasteiger partial charge on any atom is -0.357 e. The largest absolute Gasteiger partial charge is 0.357 e. The van der Waals surface area contributed by atoms with Crippen molar-refractivity contribution in [2.24, 2.45) is 4.99 Å². The van der Waals surface area contributed by atoms with E-state index in [2.05, 4.69) is 41.6 Å². The van der Waals surface area contributed by atoms with Gasteiger partial charge >= 0.3 is 0 Å². The summed E-state index contributed by atoms with van der Waals surface area (Å²) in [5.41, 5.74) is 0. The summed E-state index contributed by atoms with van der Waals surface area (Å²) < 4.78 is 0. The zero-order valence-electron chi connectivity index (χ0n) is 9.33. The molecular weight excluding hydrogens is 321 g/mol. The van der Waals surface area contributed by atoms with E-state index in [1.54, 1.807) is 7.05 Å². The molecule has 0 aliphatic carbocycles. The molecule has 0 spiro atoms. The molecule has 0 radical (unpaired) electrons. The molecule has 2 N–H and O–H groups in total. The van der Waals surface area contributed by atoms with Gasteiger partial charge in [0.1, 0.15) is 0 Å². The molecule has 1 rings (SSSR count). The van der Waals surface area contributed by atoms with Crippen LogP contribution in [0.15, 0.2) is 17.1 Å². The maximum absolute atomic E-state index is 4.10. The Bertz CT molecular complexity index is 309. The second-order valence-corrected chi connectivity index (χ2v) is 4.34. The molecule has 0 amide bonds. The first-order valence-electron chi connectivity index (χ1n) is 4.76. The maximum Gasteiger partial charge on any atom is 0.191 e. The summed E-state index contributed by atoms with van der Waals surface area (Å²) in [6.07, 6.45) is 0. The Labute approximate surface area is 112 Å². The van der Waals surface area contributed by atoms with E-state index in [1.165, 1.54) is 9.75 Å². The van der Waals surface area contributed by atoms with Crippen LogP contribution in [-0.4, -0.2) is 19.6 Å². The molecule has 0 bridgehead atoms. The SMILES string of the molecule is CCNC(=NC)NCc1ccc(C)s1.I. The van der Waals surface area contributed by atoms with Gasteiger partial charge in [-0.05, 0) is 26.0 Å². The molecule has 0 unspecified atom stereocenters. The fourth-order valence-corrected chi connectivity index (χ4v) is 1.97. The summed E-state index contributed by atoms with van der Waals surface area (Å²) >= 11 is 1.81. The Morgan fingerprint density at radius 3 is 2.60 bits per heavy atom. The van der Waals surface area contributed by atoms with Gasteiger partial charge in [0, 0.05) is 23.3 Å². The highest BCUT2D eigenvalue weighted by molar-refractivity contribution is 14.0. The molecule has 1 heterocycles. The predicted molar refractivity (Wildman–Crippen MR) is 78.3 cm³/mol. The molecule has 0 saturated carbocycles. The normalized spacial score (nSPS) is 10.7. The van der Waals surface area contributed by atoms with E-state index in [0.717, 1.165) is 19.0 Å². The Balaban J connectivity index is 0.00000196. The molecule has 3 nitrogen and oxygen atoms in total. The molecule has 0 fully saturated rings. The van der Waals surface area contributed by atoms with Gasteiger partial charge in [-0.15, -0.1) is 35.3 Å². The molecule has 0 aromatic carbocycles. The molecule has 5 heteroatoms.